The van der Waals surface area contributed by atoms with Crippen molar-refractivity contribution in [3.8, 4) is 11.3 Å². The van der Waals surface area contributed by atoms with Gasteiger partial charge in [-0.25, -0.2) is 0 Å². The number of aromatic amines is 1. The molecule has 0 aliphatic heterocycles. The van der Waals surface area contributed by atoms with Crippen LogP contribution in [0.5, 0.6) is 0 Å². The van der Waals surface area contributed by atoms with E-state index in [9.17, 15) is 0 Å². The Hall–Kier alpha value is -1.91. The van der Waals surface area contributed by atoms with Crippen molar-refractivity contribution in [2.24, 2.45) is 5.73 Å². The summed E-state index contributed by atoms with van der Waals surface area (Å²) in [4.78, 5) is 3.89. The Labute approximate surface area is 143 Å². The van der Waals surface area contributed by atoms with E-state index in [1.165, 1.54) is 5.56 Å². The van der Waals surface area contributed by atoms with Crippen LogP contribution in [0.3, 0.4) is 0 Å². The van der Waals surface area contributed by atoms with E-state index in [0.29, 0.717) is 4.99 Å². The Morgan fingerprint density at radius 2 is 1.82 bits per heavy atom. The van der Waals surface area contributed by atoms with E-state index in [0.717, 1.165) is 33.4 Å². The third-order valence-electron chi connectivity index (χ3n) is 3.52. The zero-order valence-corrected chi connectivity index (χ0v) is 14.2. The summed E-state index contributed by atoms with van der Waals surface area (Å²) < 4.78 is 1.04. The first-order valence-electron chi connectivity index (χ1n) is 6.95. The van der Waals surface area contributed by atoms with E-state index in [4.69, 9.17) is 18.0 Å². The van der Waals surface area contributed by atoms with Crippen LogP contribution in [0.4, 0.5) is 0 Å². The minimum absolute atomic E-state index is 0.420. The number of H-pyrrole nitrogens is 1. The number of hydrogen-bond acceptors (Lipinski definition) is 1. The van der Waals surface area contributed by atoms with Crippen molar-refractivity contribution in [3.63, 3.8) is 0 Å². The van der Waals surface area contributed by atoms with Crippen molar-refractivity contribution in [2.45, 2.75) is 6.42 Å². The van der Waals surface area contributed by atoms with Crippen LogP contribution in [-0.4, -0.2) is 9.97 Å². The molecule has 0 radical (unpaired) electrons. The first kappa shape index (κ1) is 15.0. The van der Waals surface area contributed by atoms with Crippen molar-refractivity contribution in [3.05, 3.63) is 82.0 Å². The molecule has 2 nitrogen and oxygen atoms in total. The third-order valence-corrected chi connectivity index (χ3v) is 4.24. The Morgan fingerprint density at radius 1 is 1.05 bits per heavy atom. The average molecular weight is 371 g/mol. The fourth-order valence-corrected chi connectivity index (χ4v) is 3.05. The second-order valence-corrected chi connectivity index (χ2v) is 6.47. The van der Waals surface area contributed by atoms with Crippen molar-refractivity contribution in [1.29, 1.82) is 0 Å². The van der Waals surface area contributed by atoms with E-state index in [2.05, 4.69) is 45.2 Å². The van der Waals surface area contributed by atoms with Crippen LogP contribution >= 0.6 is 28.1 Å². The Morgan fingerprint density at radius 3 is 2.50 bits per heavy atom. The maximum atomic E-state index is 5.89. The smallest absolute Gasteiger partial charge is 0.105 e. The maximum Gasteiger partial charge on any atom is 0.105 e. The van der Waals surface area contributed by atoms with Crippen LogP contribution < -0.4 is 5.73 Å². The highest BCUT2D eigenvalue weighted by Gasteiger charge is 2.12. The van der Waals surface area contributed by atoms with Gasteiger partial charge in [0.05, 0.1) is 0 Å². The van der Waals surface area contributed by atoms with Crippen LogP contribution in [-0.2, 0) is 6.42 Å². The lowest BCUT2D eigenvalue weighted by Gasteiger charge is -2.03. The average Bonchev–Trinajstić information content (AvgIpc) is 2.92. The van der Waals surface area contributed by atoms with Gasteiger partial charge in [0, 0.05) is 27.8 Å². The summed E-state index contributed by atoms with van der Waals surface area (Å²) in [5.41, 5.74) is 11.2. The molecule has 110 valence electrons. The summed E-state index contributed by atoms with van der Waals surface area (Å²) in [6.07, 6.45) is 0.779. The minimum atomic E-state index is 0.420. The number of hydrogen-bond donors (Lipinski definition) is 2. The summed E-state index contributed by atoms with van der Waals surface area (Å²) in [6.45, 7) is 0. The van der Waals surface area contributed by atoms with Crippen molar-refractivity contribution in [1.82, 2.24) is 4.98 Å². The summed E-state index contributed by atoms with van der Waals surface area (Å²) in [7, 11) is 0. The van der Waals surface area contributed by atoms with Gasteiger partial charge in [0.25, 0.3) is 0 Å². The highest BCUT2D eigenvalue weighted by molar-refractivity contribution is 9.10. The minimum Gasteiger partial charge on any atom is -0.389 e. The van der Waals surface area contributed by atoms with E-state index in [1.54, 1.807) is 0 Å². The molecule has 0 saturated heterocycles. The number of aromatic nitrogens is 1. The molecular formula is C18H15BrN2S. The van der Waals surface area contributed by atoms with Crippen LogP contribution in [0, 0.1) is 0 Å². The standard InChI is InChI=1S/C18H15BrN2S/c19-14-8-4-7-13(10-14)16-11-15(18(20)22)17(21-16)9-12-5-2-1-3-6-12/h1-8,10-11,21H,9H2,(H2,20,22). The number of thiocarbonyl (C=S) groups is 1. The number of rotatable bonds is 4. The normalized spacial score (nSPS) is 10.6. The van der Waals surface area contributed by atoms with Gasteiger partial charge in [-0.3, -0.25) is 0 Å². The van der Waals surface area contributed by atoms with Crippen LogP contribution in [0.15, 0.2) is 65.1 Å². The summed E-state index contributed by atoms with van der Waals surface area (Å²) in [6, 6.07) is 20.5. The third kappa shape index (κ3) is 3.29. The molecule has 22 heavy (non-hydrogen) atoms. The van der Waals surface area contributed by atoms with Crippen molar-refractivity contribution < 1.29 is 0 Å². The predicted octanol–water partition coefficient (Wildman–Crippen LogP) is 4.67. The molecule has 0 aliphatic carbocycles. The van der Waals surface area contributed by atoms with Gasteiger partial charge in [-0.15, -0.1) is 0 Å². The molecule has 4 heteroatoms. The fourth-order valence-electron chi connectivity index (χ4n) is 2.47. The molecular weight excluding hydrogens is 356 g/mol. The maximum absolute atomic E-state index is 5.89. The molecule has 0 fully saturated rings. The topological polar surface area (TPSA) is 41.8 Å². The van der Waals surface area contributed by atoms with Crippen LogP contribution in [0.1, 0.15) is 16.8 Å². The second kappa shape index (κ2) is 6.46. The molecule has 1 heterocycles. The molecule has 3 N–H and O–H groups in total. The molecule has 0 unspecified atom stereocenters. The van der Waals surface area contributed by atoms with Gasteiger partial charge in [0.2, 0.25) is 0 Å². The highest BCUT2D eigenvalue weighted by Crippen LogP contribution is 2.26. The Balaban J connectivity index is 2.01. The number of nitrogens with two attached hydrogens (primary N) is 1. The number of benzene rings is 2. The summed E-state index contributed by atoms with van der Waals surface area (Å²) in [5.74, 6) is 0. The molecule has 2 aromatic carbocycles. The largest absolute Gasteiger partial charge is 0.389 e. The molecule has 0 amide bonds. The molecule has 0 atom stereocenters. The van der Waals surface area contributed by atoms with Crippen LogP contribution in [0.25, 0.3) is 11.3 Å². The summed E-state index contributed by atoms with van der Waals surface area (Å²) in [5, 5.41) is 0. The first-order valence-corrected chi connectivity index (χ1v) is 8.15. The Bertz CT molecular complexity index is 809. The van der Waals surface area contributed by atoms with E-state index in [1.807, 2.05) is 36.4 Å². The van der Waals surface area contributed by atoms with Crippen molar-refractivity contribution in [2.75, 3.05) is 0 Å². The Kier molecular flexibility index (Phi) is 4.41. The SMILES string of the molecule is NC(=S)c1cc(-c2cccc(Br)c2)[nH]c1Cc1ccccc1. The van der Waals surface area contributed by atoms with Crippen LogP contribution in [0.2, 0.25) is 0 Å². The van der Waals surface area contributed by atoms with E-state index >= 15 is 0 Å². The van der Waals surface area contributed by atoms with Crippen molar-refractivity contribution >= 4 is 33.1 Å². The molecule has 0 aliphatic rings. The van der Waals surface area contributed by atoms with Gasteiger partial charge < -0.3 is 10.7 Å². The predicted molar refractivity (Wildman–Crippen MR) is 99.1 cm³/mol. The lowest BCUT2D eigenvalue weighted by atomic mass is 10.1. The summed E-state index contributed by atoms with van der Waals surface area (Å²) >= 11 is 8.71. The van der Waals surface area contributed by atoms with E-state index < -0.39 is 0 Å². The number of nitrogens with one attached hydrogen (secondary N) is 1. The number of halogens is 1. The molecule has 3 aromatic rings. The zero-order chi connectivity index (χ0) is 15.5. The molecule has 1 aromatic heterocycles. The van der Waals surface area contributed by atoms with Gasteiger partial charge in [0.15, 0.2) is 0 Å². The molecule has 3 rings (SSSR count). The monoisotopic (exact) mass is 370 g/mol. The lowest BCUT2D eigenvalue weighted by molar-refractivity contribution is 1.10. The quantitative estimate of drug-likeness (QED) is 0.655. The molecule has 0 spiro atoms. The second-order valence-electron chi connectivity index (χ2n) is 5.11. The molecule has 0 bridgehead atoms. The van der Waals surface area contributed by atoms with Gasteiger partial charge in [-0.05, 0) is 29.3 Å². The zero-order valence-electron chi connectivity index (χ0n) is 11.8. The first-order chi connectivity index (χ1) is 10.6. The lowest BCUT2D eigenvalue weighted by Crippen LogP contribution is -2.11. The highest BCUT2D eigenvalue weighted by atomic mass is 79.9. The van der Waals surface area contributed by atoms with E-state index in [-0.39, 0.29) is 0 Å². The van der Waals surface area contributed by atoms with Gasteiger partial charge in [-0.2, -0.15) is 0 Å². The fraction of sp³-hybridized carbons (Fsp3) is 0.0556. The molecule has 0 saturated carbocycles. The van der Waals surface area contributed by atoms with Gasteiger partial charge in [0.1, 0.15) is 4.99 Å². The van der Waals surface area contributed by atoms with Gasteiger partial charge >= 0.3 is 0 Å². The van der Waals surface area contributed by atoms with Gasteiger partial charge in [-0.1, -0.05) is 70.6 Å².